The van der Waals surface area contributed by atoms with Crippen molar-refractivity contribution in [3.63, 3.8) is 0 Å². The van der Waals surface area contributed by atoms with Crippen LogP contribution in [0, 0.1) is 0 Å². The van der Waals surface area contributed by atoms with Crippen molar-refractivity contribution < 1.29 is 9.53 Å². The van der Waals surface area contributed by atoms with Gasteiger partial charge in [0.25, 0.3) is 0 Å². The molecule has 4 rings (SSSR count). The quantitative estimate of drug-likeness (QED) is 0.906. The van der Waals surface area contributed by atoms with Crippen molar-refractivity contribution in [1.82, 2.24) is 15.1 Å². The third kappa shape index (κ3) is 3.26. The number of fused-ring (bicyclic) bond motifs is 1. The van der Waals surface area contributed by atoms with Crippen molar-refractivity contribution in [3.8, 4) is 0 Å². The molecule has 3 heterocycles. The molecule has 128 valence electrons. The van der Waals surface area contributed by atoms with Gasteiger partial charge in [0, 0.05) is 29.3 Å². The molecule has 0 aromatic carbocycles. The largest absolute Gasteiger partial charge is 0.376 e. The van der Waals surface area contributed by atoms with Gasteiger partial charge in [-0.2, -0.15) is 5.10 Å². The normalized spacial score (nSPS) is 23.2. The van der Waals surface area contributed by atoms with Crippen LogP contribution in [0.4, 0.5) is 0 Å². The van der Waals surface area contributed by atoms with Crippen molar-refractivity contribution in [2.75, 3.05) is 13.2 Å². The van der Waals surface area contributed by atoms with Crippen molar-refractivity contribution >= 4 is 17.2 Å². The molecule has 0 radical (unpaired) electrons. The van der Waals surface area contributed by atoms with Gasteiger partial charge in [-0.15, -0.1) is 11.3 Å². The fourth-order valence-electron chi connectivity index (χ4n) is 3.80. The minimum Gasteiger partial charge on any atom is -0.376 e. The minimum absolute atomic E-state index is 0.0612. The molecular weight excluding hydrogens is 322 g/mol. The summed E-state index contributed by atoms with van der Waals surface area (Å²) >= 11 is 1.71. The lowest BCUT2D eigenvalue weighted by Crippen LogP contribution is -2.40. The van der Waals surface area contributed by atoms with E-state index in [2.05, 4.69) is 21.6 Å². The summed E-state index contributed by atoms with van der Waals surface area (Å²) < 4.78 is 5.79. The molecular formula is C18H23N3O2S. The van der Waals surface area contributed by atoms with E-state index < -0.39 is 0 Å². The van der Waals surface area contributed by atoms with Crippen LogP contribution in [-0.4, -0.2) is 40.3 Å². The van der Waals surface area contributed by atoms with Gasteiger partial charge in [-0.1, -0.05) is 6.07 Å². The molecule has 0 saturated carbocycles. The highest BCUT2D eigenvalue weighted by Gasteiger charge is 2.33. The summed E-state index contributed by atoms with van der Waals surface area (Å²) in [5, 5.41) is 9.28. The van der Waals surface area contributed by atoms with Crippen molar-refractivity contribution in [3.05, 3.63) is 39.8 Å². The molecule has 6 heteroatoms. The molecule has 24 heavy (non-hydrogen) atoms. The summed E-state index contributed by atoms with van der Waals surface area (Å²) in [6.45, 7) is 2.20. The highest BCUT2D eigenvalue weighted by Crippen LogP contribution is 2.32. The molecule has 2 atom stereocenters. The van der Waals surface area contributed by atoms with E-state index in [4.69, 9.17) is 4.74 Å². The molecule has 2 aromatic rings. The Morgan fingerprint density at radius 2 is 2.38 bits per heavy atom. The molecule has 2 aromatic heterocycles. The van der Waals surface area contributed by atoms with Crippen molar-refractivity contribution in [2.45, 2.75) is 50.7 Å². The van der Waals surface area contributed by atoms with Crippen LogP contribution < -0.4 is 0 Å². The molecule has 0 unspecified atom stereocenters. The number of ether oxygens (including phenoxy) is 1. The third-order valence-corrected chi connectivity index (χ3v) is 5.89. The van der Waals surface area contributed by atoms with Crippen LogP contribution >= 0.6 is 11.3 Å². The van der Waals surface area contributed by atoms with Crippen LogP contribution in [0.15, 0.2) is 23.7 Å². The topological polar surface area (TPSA) is 58.2 Å². The number of aryl methyl sites for hydroxylation is 1. The van der Waals surface area contributed by atoms with Crippen LogP contribution in [0.25, 0.3) is 0 Å². The third-order valence-electron chi connectivity index (χ3n) is 5.03. The predicted octanol–water partition coefficient (Wildman–Crippen LogP) is 3.10. The number of hydrogen-bond acceptors (Lipinski definition) is 4. The Labute approximate surface area is 146 Å². The highest BCUT2D eigenvalue weighted by atomic mass is 32.1. The maximum Gasteiger partial charge on any atom is 0.230 e. The predicted molar refractivity (Wildman–Crippen MR) is 93.0 cm³/mol. The van der Waals surface area contributed by atoms with Crippen molar-refractivity contribution in [1.29, 1.82) is 0 Å². The number of carbonyl (C=O) groups excluding carboxylic acids is 1. The molecule has 0 bridgehead atoms. The van der Waals surface area contributed by atoms with Gasteiger partial charge in [0.1, 0.15) is 0 Å². The summed E-state index contributed by atoms with van der Waals surface area (Å²) in [7, 11) is 0. The first-order valence-electron chi connectivity index (χ1n) is 8.76. The van der Waals surface area contributed by atoms with E-state index in [9.17, 15) is 4.79 Å². The summed E-state index contributed by atoms with van der Waals surface area (Å²) in [6, 6.07) is 4.15. The molecule has 1 N–H and O–H groups in total. The lowest BCUT2D eigenvalue weighted by molar-refractivity contribution is -0.135. The second-order valence-electron chi connectivity index (χ2n) is 6.68. The van der Waals surface area contributed by atoms with Crippen LogP contribution in [0.3, 0.4) is 0 Å². The molecule has 1 amide bonds. The van der Waals surface area contributed by atoms with E-state index in [0.717, 1.165) is 50.0 Å². The first-order chi connectivity index (χ1) is 11.8. The summed E-state index contributed by atoms with van der Waals surface area (Å²) in [6.07, 6.45) is 7.12. The monoisotopic (exact) mass is 345 g/mol. The lowest BCUT2D eigenvalue weighted by atomic mass is 9.86. The van der Waals surface area contributed by atoms with E-state index in [1.54, 1.807) is 11.3 Å². The van der Waals surface area contributed by atoms with E-state index in [-0.39, 0.29) is 17.9 Å². The van der Waals surface area contributed by atoms with Gasteiger partial charge in [-0.3, -0.25) is 9.89 Å². The van der Waals surface area contributed by atoms with E-state index >= 15 is 0 Å². The fourth-order valence-corrected chi connectivity index (χ4v) is 4.51. The Balaban J connectivity index is 1.54. The Bertz CT molecular complexity index is 676. The van der Waals surface area contributed by atoms with Gasteiger partial charge < -0.3 is 9.64 Å². The summed E-state index contributed by atoms with van der Waals surface area (Å²) in [5.74, 6) is 0.162. The van der Waals surface area contributed by atoms with Crippen LogP contribution in [0.1, 0.15) is 47.7 Å². The van der Waals surface area contributed by atoms with Crippen LogP contribution in [0.5, 0.6) is 0 Å². The van der Waals surface area contributed by atoms with Gasteiger partial charge in [0.15, 0.2) is 0 Å². The zero-order chi connectivity index (χ0) is 16.4. The fraction of sp³-hybridized carbons (Fsp3) is 0.556. The SMILES string of the molecule is O=C([C@@H]1CCCc2[nH]ncc21)N(Cc1cccs1)C[C@@H]1CCCO1. The Kier molecular flexibility index (Phi) is 4.67. The van der Waals surface area contributed by atoms with E-state index in [1.165, 1.54) is 4.88 Å². The molecule has 1 aliphatic carbocycles. The average Bonchev–Trinajstić information content (AvgIpc) is 3.35. The zero-order valence-corrected chi connectivity index (χ0v) is 14.6. The summed E-state index contributed by atoms with van der Waals surface area (Å²) in [4.78, 5) is 16.5. The van der Waals surface area contributed by atoms with E-state index in [0.29, 0.717) is 13.1 Å². The van der Waals surface area contributed by atoms with E-state index in [1.807, 2.05) is 17.2 Å². The molecule has 1 aliphatic heterocycles. The number of nitrogens with one attached hydrogen (secondary N) is 1. The van der Waals surface area contributed by atoms with Crippen LogP contribution in [-0.2, 0) is 22.5 Å². The molecule has 1 saturated heterocycles. The molecule has 0 spiro atoms. The Morgan fingerprint density at radius 3 is 3.17 bits per heavy atom. The average molecular weight is 345 g/mol. The number of nitrogens with zero attached hydrogens (tertiary/aromatic N) is 2. The van der Waals surface area contributed by atoms with Crippen molar-refractivity contribution in [2.24, 2.45) is 0 Å². The zero-order valence-electron chi connectivity index (χ0n) is 13.7. The highest BCUT2D eigenvalue weighted by molar-refractivity contribution is 7.09. The lowest BCUT2D eigenvalue weighted by Gasteiger charge is -2.30. The van der Waals surface area contributed by atoms with Gasteiger partial charge >= 0.3 is 0 Å². The number of H-pyrrole nitrogens is 1. The molecule has 5 nitrogen and oxygen atoms in total. The number of rotatable bonds is 5. The molecule has 2 aliphatic rings. The number of aromatic nitrogens is 2. The van der Waals surface area contributed by atoms with Crippen LogP contribution in [0.2, 0.25) is 0 Å². The van der Waals surface area contributed by atoms with Gasteiger partial charge in [0.05, 0.1) is 24.8 Å². The number of hydrogen-bond donors (Lipinski definition) is 1. The first-order valence-corrected chi connectivity index (χ1v) is 9.64. The minimum atomic E-state index is -0.0612. The second-order valence-corrected chi connectivity index (χ2v) is 7.71. The summed E-state index contributed by atoms with van der Waals surface area (Å²) in [5.41, 5.74) is 2.22. The standard InChI is InChI=1S/C18H23N3O2S/c22-18(15-6-1-7-17-16(15)10-19-20-17)21(11-13-4-2-8-23-13)12-14-5-3-9-24-14/h3,5,9-10,13,15H,1-2,4,6-8,11-12H2,(H,19,20)/t13-,15+/m0/s1. The Hall–Kier alpha value is -1.66. The number of amides is 1. The van der Waals surface area contributed by atoms with Gasteiger partial charge in [-0.05, 0) is 43.6 Å². The number of carbonyl (C=O) groups is 1. The maximum absolute atomic E-state index is 13.3. The first kappa shape index (κ1) is 15.8. The molecule has 1 fully saturated rings. The second kappa shape index (κ2) is 7.07. The van der Waals surface area contributed by atoms with Gasteiger partial charge in [0.2, 0.25) is 5.91 Å². The number of thiophene rings is 1. The Morgan fingerprint density at radius 1 is 1.42 bits per heavy atom. The maximum atomic E-state index is 13.3. The number of aromatic amines is 1. The smallest absolute Gasteiger partial charge is 0.230 e. The van der Waals surface area contributed by atoms with Gasteiger partial charge in [-0.25, -0.2) is 0 Å².